The standard InChI is InChI=1S/C18H23N5O2/c1-22(2)17-18(21-9-8-20-17)25-15-6-4-10-23(13-15)16(24)11-14-5-3-7-19-12-14/h3,5,7-9,12,15H,4,6,10-11,13H2,1-2H3/t15-/m0/s1. The number of amides is 1. The van der Waals surface area contributed by atoms with Crippen LogP contribution in [0.15, 0.2) is 36.9 Å². The van der Waals surface area contributed by atoms with Crippen LogP contribution in [0.3, 0.4) is 0 Å². The van der Waals surface area contributed by atoms with Crippen molar-refractivity contribution in [2.24, 2.45) is 0 Å². The number of aromatic nitrogens is 3. The number of pyridine rings is 1. The number of ether oxygens (including phenoxy) is 1. The maximum Gasteiger partial charge on any atom is 0.257 e. The second-order valence-electron chi connectivity index (χ2n) is 6.34. The van der Waals surface area contributed by atoms with Gasteiger partial charge in [-0.2, -0.15) is 0 Å². The topological polar surface area (TPSA) is 71.5 Å². The Morgan fingerprint density at radius 2 is 2.16 bits per heavy atom. The van der Waals surface area contributed by atoms with E-state index in [9.17, 15) is 4.79 Å². The van der Waals surface area contributed by atoms with Crippen LogP contribution in [-0.2, 0) is 11.2 Å². The highest BCUT2D eigenvalue weighted by Crippen LogP contribution is 2.24. The summed E-state index contributed by atoms with van der Waals surface area (Å²) in [4.78, 5) is 28.9. The van der Waals surface area contributed by atoms with Gasteiger partial charge in [0.15, 0.2) is 5.82 Å². The predicted octanol–water partition coefficient (Wildman–Crippen LogP) is 1.55. The maximum absolute atomic E-state index is 12.5. The van der Waals surface area contributed by atoms with Gasteiger partial charge in [-0.25, -0.2) is 9.97 Å². The van der Waals surface area contributed by atoms with Crippen LogP contribution < -0.4 is 9.64 Å². The number of hydrogen-bond acceptors (Lipinski definition) is 6. The fourth-order valence-electron chi connectivity index (χ4n) is 2.92. The van der Waals surface area contributed by atoms with Crippen LogP contribution in [0, 0.1) is 0 Å². The predicted molar refractivity (Wildman–Crippen MR) is 94.5 cm³/mol. The lowest BCUT2D eigenvalue weighted by atomic mass is 10.1. The minimum Gasteiger partial charge on any atom is -0.470 e. The Balaban J connectivity index is 1.62. The molecule has 0 spiro atoms. The van der Waals surface area contributed by atoms with Gasteiger partial charge in [0.1, 0.15) is 6.10 Å². The highest BCUT2D eigenvalue weighted by atomic mass is 16.5. The molecule has 0 radical (unpaired) electrons. The molecule has 1 saturated heterocycles. The molecule has 0 bridgehead atoms. The summed E-state index contributed by atoms with van der Waals surface area (Å²) in [6.07, 6.45) is 8.83. The minimum atomic E-state index is -0.0676. The zero-order valence-electron chi connectivity index (χ0n) is 14.6. The molecule has 2 aromatic rings. The minimum absolute atomic E-state index is 0.0676. The van der Waals surface area contributed by atoms with Crippen molar-refractivity contribution in [3.8, 4) is 5.88 Å². The van der Waals surface area contributed by atoms with E-state index in [2.05, 4.69) is 15.0 Å². The van der Waals surface area contributed by atoms with Crippen LogP contribution in [0.2, 0.25) is 0 Å². The molecule has 25 heavy (non-hydrogen) atoms. The van der Waals surface area contributed by atoms with Crippen molar-refractivity contribution in [2.75, 3.05) is 32.1 Å². The summed E-state index contributed by atoms with van der Waals surface area (Å²) in [5.74, 6) is 1.31. The first-order valence-corrected chi connectivity index (χ1v) is 8.45. The summed E-state index contributed by atoms with van der Waals surface area (Å²) in [6, 6.07) is 3.77. The van der Waals surface area contributed by atoms with Crippen LogP contribution >= 0.6 is 0 Å². The van der Waals surface area contributed by atoms with Gasteiger partial charge in [0.2, 0.25) is 5.91 Å². The molecule has 1 fully saturated rings. The molecule has 3 rings (SSSR count). The Kier molecular flexibility index (Phi) is 5.42. The van der Waals surface area contributed by atoms with E-state index in [-0.39, 0.29) is 12.0 Å². The van der Waals surface area contributed by atoms with Crippen molar-refractivity contribution in [3.63, 3.8) is 0 Å². The van der Waals surface area contributed by atoms with E-state index in [1.165, 1.54) is 0 Å². The third-order valence-electron chi connectivity index (χ3n) is 4.16. The smallest absolute Gasteiger partial charge is 0.257 e. The van der Waals surface area contributed by atoms with Crippen molar-refractivity contribution >= 4 is 11.7 Å². The zero-order valence-corrected chi connectivity index (χ0v) is 14.6. The molecule has 0 unspecified atom stereocenters. The summed E-state index contributed by atoms with van der Waals surface area (Å²) >= 11 is 0. The Morgan fingerprint density at radius 1 is 1.32 bits per heavy atom. The molecular weight excluding hydrogens is 318 g/mol. The lowest BCUT2D eigenvalue weighted by molar-refractivity contribution is -0.133. The van der Waals surface area contributed by atoms with E-state index in [1.54, 1.807) is 24.8 Å². The van der Waals surface area contributed by atoms with Crippen molar-refractivity contribution in [1.29, 1.82) is 0 Å². The Bertz CT molecular complexity index is 708. The molecule has 0 aromatic carbocycles. The number of hydrogen-bond donors (Lipinski definition) is 0. The van der Waals surface area contributed by atoms with Crippen molar-refractivity contribution in [1.82, 2.24) is 19.9 Å². The monoisotopic (exact) mass is 341 g/mol. The largest absolute Gasteiger partial charge is 0.470 e. The van der Waals surface area contributed by atoms with Gasteiger partial charge in [-0.05, 0) is 24.5 Å². The first-order chi connectivity index (χ1) is 12.1. The normalized spacial score (nSPS) is 17.2. The van der Waals surface area contributed by atoms with Crippen LogP contribution in [0.5, 0.6) is 5.88 Å². The number of anilines is 1. The quantitative estimate of drug-likeness (QED) is 0.822. The zero-order chi connectivity index (χ0) is 17.6. The molecule has 1 atom stereocenters. The SMILES string of the molecule is CN(C)c1nccnc1O[C@H]1CCCN(C(=O)Cc2cccnc2)C1. The number of nitrogens with zero attached hydrogens (tertiary/aromatic N) is 5. The van der Waals surface area contributed by atoms with E-state index in [4.69, 9.17) is 4.74 Å². The van der Waals surface area contributed by atoms with Gasteiger partial charge in [-0.15, -0.1) is 0 Å². The van der Waals surface area contributed by atoms with Crippen molar-refractivity contribution in [2.45, 2.75) is 25.4 Å². The van der Waals surface area contributed by atoms with Gasteiger partial charge in [-0.3, -0.25) is 9.78 Å². The molecule has 1 aliphatic rings. The maximum atomic E-state index is 12.5. The Labute approximate surface area is 147 Å². The highest BCUT2D eigenvalue weighted by molar-refractivity contribution is 5.78. The van der Waals surface area contributed by atoms with E-state index in [1.807, 2.05) is 36.0 Å². The number of carbonyl (C=O) groups is 1. The molecule has 132 valence electrons. The van der Waals surface area contributed by atoms with Gasteiger partial charge in [-0.1, -0.05) is 6.07 Å². The molecule has 0 saturated carbocycles. The van der Waals surface area contributed by atoms with Crippen LogP contribution in [0.1, 0.15) is 18.4 Å². The molecule has 0 N–H and O–H groups in total. The van der Waals surface area contributed by atoms with Gasteiger partial charge in [0.25, 0.3) is 5.88 Å². The third kappa shape index (κ3) is 4.43. The van der Waals surface area contributed by atoms with E-state index >= 15 is 0 Å². The lowest BCUT2D eigenvalue weighted by Crippen LogP contribution is -2.45. The fourth-order valence-corrected chi connectivity index (χ4v) is 2.92. The third-order valence-corrected chi connectivity index (χ3v) is 4.16. The molecular formula is C18H23N5O2. The van der Waals surface area contributed by atoms with Crippen LogP contribution in [-0.4, -0.2) is 59.0 Å². The molecule has 0 aliphatic carbocycles. The first-order valence-electron chi connectivity index (χ1n) is 8.45. The summed E-state index contributed by atoms with van der Waals surface area (Å²) in [5.41, 5.74) is 0.930. The van der Waals surface area contributed by atoms with Crippen molar-refractivity contribution < 1.29 is 9.53 Å². The van der Waals surface area contributed by atoms with Crippen molar-refractivity contribution in [3.05, 3.63) is 42.5 Å². The molecule has 7 heteroatoms. The van der Waals surface area contributed by atoms with Crippen LogP contribution in [0.25, 0.3) is 0 Å². The molecule has 1 amide bonds. The van der Waals surface area contributed by atoms with E-state index < -0.39 is 0 Å². The average Bonchev–Trinajstić information content (AvgIpc) is 2.63. The lowest BCUT2D eigenvalue weighted by Gasteiger charge is -2.33. The Hall–Kier alpha value is -2.70. The summed E-state index contributed by atoms with van der Waals surface area (Å²) in [5, 5.41) is 0. The number of piperidine rings is 1. The van der Waals surface area contributed by atoms with E-state index in [0.29, 0.717) is 24.7 Å². The number of likely N-dealkylation sites (tertiary alicyclic amines) is 1. The molecule has 7 nitrogen and oxygen atoms in total. The summed E-state index contributed by atoms with van der Waals surface area (Å²) in [7, 11) is 3.81. The van der Waals surface area contributed by atoms with Gasteiger partial charge in [0, 0.05) is 45.4 Å². The molecule has 2 aromatic heterocycles. The molecule has 1 aliphatic heterocycles. The van der Waals surface area contributed by atoms with Gasteiger partial charge in [0.05, 0.1) is 13.0 Å². The number of carbonyl (C=O) groups excluding carboxylic acids is 1. The molecule has 3 heterocycles. The Morgan fingerprint density at radius 3 is 2.92 bits per heavy atom. The summed E-state index contributed by atoms with van der Waals surface area (Å²) in [6.45, 7) is 1.34. The first kappa shape index (κ1) is 17.1. The summed E-state index contributed by atoms with van der Waals surface area (Å²) < 4.78 is 6.06. The highest BCUT2D eigenvalue weighted by Gasteiger charge is 2.26. The van der Waals surface area contributed by atoms with Gasteiger partial charge >= 0.3 is 0 Å². The average molecular weight is 341 g/mol. The fraction of sp³-hybridized carbons (Fsp3) is 0.444. The second-order valence-corrected chi connectivity index (χ2v) is 6.34. The number of rotatable bonds is 5. The van der Waals surface area contributed by atoms with E-state index in [0.717, 1.165) is 24.9 Å². The van der Waals surface area contributed by atoms with Gasteiger partial charge < -0.3 is 14.5 Å². The van der Waals surface area contributed by atoms with Crippen LogP contribution in [0.4, 0.5) is 5.82 Å². The second kappa shape index (κ2) is 7.92.